The Hall–Kier alpha value is -2.30. The number of benzene rings is 1. The van der Waals surface area contributed by atoms with E-state index in [1.165, 1.54) is 0 Å². The van der Waals surface area contributed by atoms with Crippen molar-refractivity contribution in [3.8, 4) is 5.75 Å². The first-order valence-electron chi connectivity index (χ1n) is 6.65. The molecule has 0 amide bonds. The molecule has 0 spiro atoms. The van der Waals surface area contributed by atoms with Crippen molar-refractivity contribution in [2.75, 3.05) is 13.2 Å². The zero-order valence-electron chi connectivity index (χ0n) is 11.5. The standard InChI is InChI=1S/C15H18N2O3/c1-2-10-20-15(18)13-3-5-14(6-4-13)19-11-9-17-8-7-16-12-17/h3-8,12H,2,9-11H2,1H3. The molecule has 20 heavy (non-hydrogen) atoms. The summed E-state index contributed by atoms with van der Waals surface area (Å²) in [6.45, 7) is 3.70. The molecule has 0 atom stereocenters. The number of esters is 1. The molecule has 0 unspecified atom stereocenters. The molecule has 0 aliphatic heterocycles. The van der Waals surface area contributed by atoms with Gasteiger partial charge in [-0.05, 0) is 30.7 Å². The van der Waals surface area contributed by atoms with Gasteiger partial charge in [0, 0.05) is 12.4 Å². The van der Waals surface area contributed by atoms with Crippen LogP contribution < -0.4 is 4.74 Å². The molecule has 106 valence electrons. The minimum Gasteiger partial charge on any atom is -0.492 e. The molecule has 1 heterocycles. The number of carbonyl (C=O) groups is 1. The van der Waals surface area contributed by atoms with Gasteiger partial charge in [-0.3, -0.25) is 0 Å². The Balaban J connectivity index is 1.80. The summed E-state index contributed by atoms with van der Waals surface area (Å²) in [7, 11) is 0. The summed E-state index contributed by atoms with van der Waals surface area (Å²) in [5, 5.41) is 0. The molecule has 0 aliphatic rings. The lowest BCUT2D eigenvalue weighted by molar-refractivity contribution is 0.0505. The summed E-state index contributed by atoms with van der Waals surface area (Å²) in [4.78, 5) is 15.6. The number of hydrogen-bond donors (Lipinski definition) is 0. The third-order valence-corrected chi connectivity index (χ3v) is 2.70. The van der Waals surface area contributed by atoms with E-state index in [4.69, 9.17) is 9.47 Å². The van der Waals surface area contributed by atoms with Crippen LogP contribution in [-0.4, -0.2) is 28.7 Å². The number of nitrogens with zero attached hydrogens (tertiary/aromatic N) is 2. The minimum absolute atomic E-state index is 0.295. The Morgan fingerprint density at radius 2 is 2.05 bits per heavy atom. The summed E-state index contributed by atoms with van der Waals surface area (Å²) in [6.07, 6.45) is 6.18. The van der Waals surface area contributed by atoms with Crippen LogP contribution in [-0.2, 0) is 11.3 Å². The fraction of sp³-hybridized carbons (Fsp3) is 0.333. The minimum atomic E-state index is -0.295. The first-order valence-corrected chi connectivity index (χ1v) is 6.65. The molecule has 0 aliphatic carbocycles. The van der Waals surface area contributed by atoms with Gasteiger partial charge in [0.15, 0.2) is 0 Å². The van der Waals surface area contributed by atoms with Crippen molar-refractivity contribution in [2.24, 2.45) is 0 Å². The average Bonchev–Trinajstić information content (AvgIpc) is 2.99. The van der Waals surface area contributed by atoms with Gasteiger partial charge < -0.3 is 14.0 Å². The number of ether oxygens (including phenoxy) is 2. The summed E-state index contributed by atoms with van der Waals surface area (Å²) in [5.41, 5.74) is 0.542. The second-order valence-electron chi connectivity index (χ2n) is 4.31. The molecule has 0 radical (unpaired) electrons. The van der Waals surface area contributed by atoms with Gasteiger partial charge in [-0.1, -0.05) is 6.92 Å². The summed E-state index contributed by atoms with van der Waals surface area (Å²) < 4.78 is 12.6. The first-order chi connectivity index (χ1) is 9.79. The molecule has 0 saturated heterocycles. The van der Waals surface area contributed by atoms with Crippen molar-refractivity contribution >= 4 is 5.97 Å². The summed E-state index contributed by atoms with van der Waals surface area (Å²) >= 11 is 0. The van der Waals surface area contributed by atoms with Gasteiger partial charge in [0.05, 0.1) is 25.0 Å². The smallest absolute Gasteiger partial charge is 0.338 e. The largest absolute Gasteiger partial charge is 0.492 e. The van der Waals surface area contributed by atoms with E-state index in [0.29, 0.717) is 18.8 Å². The Kier molecular flexibility index (Phi) is 5.17. The molecule has 2 rings (SSSR count). The number of carbonyl (C=O) groups excluding carboxylic acids is 1. The van der Waals surface area contributed by atoms with Crippen LogP contribution in [0.15, 0.2) is 43.0 Å². The Labute approximate surface area is 118 Å². The molecular weight excluding hydrogens is 256 g/mol. The van der Waals surface area contributed by atoms with Gasteiger partial charge in [0.2, 0.25) is 0 Å². The van der Waals surface area contributed by atoms with Crippen LogP contribution in [0.1, 0.15) is 23.7 Å². The van der Waals surface area contributed by atoms with E-state index in [1.54, 1.807) is 36.8 Å². The third kappa shape index (κ3) is 4.12. The summed E-state index contributed by atoms with van der Waals surface area (Å²) in [5.74, 6) is 0.439. The molecule has 5 nitrogen and oxygen atoms in total. The maximum absolute atomic E-state index is 11.6. The molecule has 1 aromatic carbocycles. The highest BCUT2D eigenvalue weighted by atomic mass is 16.5. The van der Waals surface area contributed by atoms with E-state index >= 15 is 0 Å². The van der Waals surface area contributed by atoms with Crippen LogP contribution in [0.3, 0.4) is 0 Å². The molecule has 0 saturated carbocycles. The van der Waals surface area contributed by atoms with Crippen molar-refractivity contribution in [1.82, 2.24) is 9.55 Å². The van der Waals surface area contributed by atoms with Gasteiger partial charge in [-0.15, -0.1) is 0 Å². The van der Waals surface area contributed by atoms with Crippen molar-refractivity contribution in [3.05, 3.63) is 48.5 Å². The Bertz CT molecular complexity index is 521. The molecular formula is C15H18N2O3. The normalized spacial score (nSPS) is 10.2. The Morgan fingerprint density at radius 3 is 2.70 bits per heavy atom. The summed E-state index contributed by atoms with van der Waals surface area (Å²) in [6, 6.07) is 6.97. The fourth-order valence-electron chi connectivity index (χ4n) is 1.65. The van der Waals surface area contributed by atoms with E-state index < -0.39 is 0 Å². The van der Waals surface area contributed by atoms with Crippen molar-refractivity contribution in [2.45, 2.75) is 19.9 Å². The van der Waals surface area contributed by atoms with Gasteiger partial charge >= 0.3 is 5.97 Å². The number of aromatic nitrogens is 2. The number of hydrogen-bond acceptors (Lipinski definition) is 4. The topological polar surface area (TPSA) is 53.4 Å². The van der Waals surface area contributed by atoms with Gasteiger partial charge in [0.1, 0.15) is 12.4 Å². The van der Waals surface area contributed by atoms with E-state index in [1.807, 2.05) is 17.7 Å². The molecule has 5 heteroatoms. The van der Waals surface area contributed by atoms with Crippen molar-refractivity contribution in [1.29, 1.82) is 0 Å². The second-order valence-corrected chi connectivity index (χ2v) is 4.31. The van der Waals surface area contributed by atoms with E-state index in [-0.39, 0.29) is 5.97 Å². The van der Waals surface area contributed by atoms with Crippen LogP contribution in [0.5, 0.6) is 5.75 Å². The molecule has 0 N–H and O–H groups in total. The number of rotatable bonds is 7. The predicted molar refractivity (Wildman–Crippen MR) is 74.7 cm³/mol. The quantitative estimate of drug-likeness (QED) is 0.728. The van der Waals surface area contributed by atoms with Crippen LogP contribution in [0, 0.1) is 0 Å². The van der Waals surface area contributed by atoms with E-state index in [2.05, 4.69) is 4.98 Å². The highest BCUT2D eigenvalue weighted by Crippen LogP contribution is 2.13. The first kappa shape index (κ1) is 14.1. The zero-order valence-corrected chi connectivity index (χ0v) is 11.5. The maximum Gasteiger partial charge on any atom is 0.338 e. The fourth-order valence-corrected chi connectivity index (χ4v) is 1.65. The van der Waals surface area contributed by atoms with Crippen molar-refractivity contribution in [3.63, 3.8) is 0 Å². The van der Waals surface area contributed by atoms with Crippen LogP contribution >= 0.6 is 0 Å². The average molecular weight is 274 g/mol. The molecule has 1 aromatic heterocycles. The second kappa shape index (κ2) is 7.33. The monoisotopic (exact) mass is 274 g/mol. The van der Waals surface area contributed by atoms with Crippen molar-refractivity contribution < 1.29 is 14.3 Å². The lowest BCUT2D eigenvalue weighted by Crippen LogP contribution is -2.07. The third-order valence-electron chi connectivity index (χ3n) is 2.70. The maximum atomic E-state index is 11.6. The molecule has 0 bridgehead atoms. The van der Waals surface area contributed by atoms with Crippen LogP contribution in [0.25, 0.3) is 0 Å². The predicted octanol–water partition coefficient (Wildman–Crippen LogP) is 2.53. The lowest BCUT2D eigenvalue weighted by atomic mass is 10.2. The van der Waals surface area contributed by atoms with Crippen LogP contribution in [0.2, 0.25) is 0 Å². The SMILES string of the molecule is CCCOC(=O)c1ccc(OCCn2ccnc2)cc1. The van der Waals surface area contributed by atoms with E-state index in [9.17, 15) is 4.79 Å². The lowest BCUT2D eigenvalue weighted by Gasteiger charge is -2.07. The molecule has 2 aromatic rings. The van der Waals surface area contributed by atoms with E-state index in [0.717, 1.165) is 18.7 Å². The number of imidazole rings is 1. The Morgan fingerprint density at radius 1 is 1.25 bits per heavy atom. The van der Waals surface area contributed by atoms with Gasteiger partial charge in [-0.25, -0.2) is 9.78 Å². The van der Waals surface area contributed by atoms with Crippen LogP contribution in [0.4, 0.5) is 0 Å². The van der Waals surface area contributed by atoms with Gasteiger partial charge in [0.25, 0.3) is 0 Å². The van der Waals surface area contributed by atoms with Gasteiger partial charge in [-0.2, -0.15) is 0 Å². The molecule has 0 fully saturated rings. The highest BCUT2D eigenvalue weighted by molar-refractivity contribution is 5.89. The zero-order chi connectivity index (χ0) is 14.2. The highest BCUT2D eigenvalue weighted by Gasteiger charge is 2.06.